The van der Waals surface area contributed by atoms with E-state index in [0.29, 0.717) is 17.3 Å². The molecule has 0 amide bonds. The standard InChI is InChI=1S/C24H20ClFN6O/c1-14-12-31(13-28-14)20-9-6-17(10-21(20)33-3)22-19-11-27-24(25)32(23(19)30-29-22)15(2)16-4-7-18(26)8-5-16/h4-13,15H,1-3H3. The van der Waals surface area contributed by atoms with Gasteiger partial charge >= 0.3 is 0 Å². The van der Waals surface area contributed by atoms with Gasteiger partial charge in [-0.05, 0) is 55.3 Å². The third kappa shape index (κ3) is 3.72. The van der Waals surface area contributed by atoms with E-state index in [2.05, 4.69) is 20.2 Å². The van der Waals surface area contributed by atoms with Crippen LogP contribution in [0.4, 0.5) is 4.39 Å². The molecule has 0 N–H and O–H groups in total. The number of aromatic nitrogens is 6. The van der Waals surface area contributed by atoms with E-state index < -0.39 is 0 Å². The molecule has 0 bridgehead atoms. The largest absolute Gasteiger partial charge is 0.495 e. The molecule has 1 unspecified atom stereocenters. The maximum atomic E-state index is 13.4. The zero-order chi connectivity index (χ0) is 23.1. The Kier molecular flexibility index (Phi) is 5.30. The van der Waals surface area contributed by atoms with Crippen LogP contribution in [0.1, 0.15) is 24.2 Å². The lowest BCUT2D eigenvalue weighted by molar-refractivity contribution is 0.413. The zero-order valence-electron chi connectivity index (χ0n) is 18.2. The van der Waals surface area contributed by atoms with Gasteiger partial charge < -0.3 is 9.30 Å². The number of benzene rings is 2. The number of halogens is 2. The number of ether oxygens (including phenoxy) is 1. The molecule has 3 aromatic rings. The van der Waals surface area contributed by atoms with Crippen LogP contribution in [-0.2, 0) is 0 Å². The van der Waals surface area contributed by atoms with Gasteiger partial charge in [-0.1, -0.05) is 18.2 Å². The van der Waals surface area contributed by atoms with Crippen LogP contribution in [0, 0.1) is 12.7 Å². The van der Waals surface area contributed by atoms with Crippen LogP contribution in [0.2, 0.25) is 5.28 Å². The quantitative estimate of drug-likeness (QED) is 0.329. The Balaban J connectivity index is 1.56. The first-order valence-electron chi connectivity index (χ1n) is 10.3. The predicted molar refractivity (Wildman–Crippen MR) is 124 cm³/mol. The van der Waals surface area contributed by atoms with Gasteiger partial charge in [0, 0.05) is 18.0 Å². The highest BCUT2D eigenvalue weighted by molar-refractivity contribution is 6.28. The molecule has 0 aliphatic carbocycles. The number of rotatable bonds is 5. The fraction of sp³-hybridized carbons (Fsp3) is 0.167. The van der Waals surface area contributed by atoms with Crippen LogP contribution in [0.15, 0.2) is 61.2 Å². The maximum Gasteiger partial charge on any atom is 0.204 e. The Labute approximate surface area is 194 Å². The van der Waals surface area contributed by atoms with E-state index in [-0.39, 0.29) is 17.1 Å². The van der Waals surface area contributed by atoms with E-state index >= 15 is 0 Å². The van der Waals surface area contributed by atoms with E-state index in [4.69, 9.17) is 16.3 Å². The van der Waals surface area contributed by atoms with Gasteiger partial charge in [-0.3, -0.25) is 4.57 Å². The van der Waals surface area contributed by atoms with Gasteiger partial charge in [-0.2, -0.15) is 0 Å². The van der Waals surface area contributed by atoms with Crippen LogP contribution in [-0.4, -0.2) is 36.4 Å². The number of methoxy groups -OCH3 is 1. The molecule has 1 atom stereocenters. The number of hydrogen-bond acceptors (Lipinski definition) is 5. The van der Waals surface area contributed by atoms with E-state index in [1.165, 1.54) is 12.1 Å². The maximum absolute atomic E-state index is 13.4. The highest BCUT2D eigenvalue weighted by Crippen LogP contribution is 2.37. The molecule has 5 rings (SSSR count). The summed E-state index contributed by atoms with van der Waals surface area (Å²) in [4.78, 5) is 8.66. The lowest BCUT2D eigenvalue weighted by Gasteiger charge is -2.20. The SMILES string of the molecule is COc1cc(-c2nnc3n(C(C)c4ccc(F)cc4)c(Cl)ncc2-3)ccc1-n1cnc(C)c1. The Morgan fingerprint density at radius 3 is 2.55 bits per heavy atom. The van der Waals surface area contributed by atoms with Gasteiger partial charge in [0.2, 0.25) is 5.28 Å². The summed E-state index contributed by atoms with van der Waals surface area (Å²) in [5.41, 5.74) is 4.91. The lowest BCUT2D eigenvalue weighted by Crippen LogP contribution is -2.13. The summed E-state index contributed by atoms with van der Waals surface area (Å²) in [6.07, 6.45) is 5.34. The van der Waals surface area contributed by atoms with Gasteiger partial charge in [0.1, 0.15) is 17.3 Å². The van der Waals surface area contributed by atoms with Gasteiger partial charge in [0.05, 0.1) is 36.4 Å². The van der Waals surface area contributed by atoms with Crippen LogP contribution in [0.25, 0.3) is 28.3 Å². The van der Waals surface area contributed by atoms with Crippen molar-refractivity contribution in [3.05, 3.63) is 83.5 Å². The van der Waals surface area contributed by atoms with Crippen molar-refractivity contribution in [2.24, 2.45) is 0 Å². The molecule has 9 heteroatoms. The fourth-order valence-electron chi connectivity index (χ4n) is 3.91. The minimum atomic E-state index is -0.294. The van der Waals surface area contributed by atoms with Crippen molar-refractivity contribution in [3.8, 4) is 34.1 Å². The van der Waals surface area contributed by atoms with E-state index in [1.807, 2.05) is 42.8 Å². The van der Waals surface area contributed by atoms with Crippen molar-refractivity contribution >= 4 is 11.6 Å². The van der Waals surface area contributed by atoms with Crippen LogP contribution in [0.3, 0.4) is 0 Å². The van der Waals surface area contributed by atoms with Gasteiger partial charge in [0.25, 0.3) is 0 Å². The molecule has 33 heavy (non-hydrogen) atoms. The summed E-state index contributed by atoms with van der Waals surface area (Å²) in [5.74, 6) is 0.975. The molecule has 166 valence electrons. The molecule has 1 aromatic heterocycles. The Morgan fingerprint density at radius 2 is 1.85 bits per heavy atom. The lowest BCUT2D eigenvalue weighted by atomic mass is 10.0. The van der Waals surface area contributed by atoms with Crippen molar-refractivity contribution in [2.45, 2.75) is 19.9 Å². The average molecular weight is 463 g/mol. The minimum Gasteiger partial charge on any atom is -0.495 e. The van der Waals surface area contributed by atoms with Gasteiger partial charge in [-0.15, -0.1) is 10.2 Å². The molecule has 7 nitrogen and oxygen atoms in total. The van der Waals surface area contributed by atoms with Crippen molar-refractivity contribution in [1.29, 1.82) is 0 Å². The molecule has 2 aliphatic heterocycles. The van der Waals surface area contributed by atoms with E-state index in [9.17, 15) is 4.39 Å². The molecule has 2 aromatic carbocycles. The second kappa shape index (κ2) is 8.29. The van der Waals surface area contributed by atoms with Crippen LogP contribution >= 0.6 is 11.6 Å². The highest BCUT2D eigenvalue weighted by Gasteiger charge is 2.24. The van der Waals surface area contributed by atoms with E-state index in [1.54, 1.807) is 36.3 Å². The molecular formula is C24H20ClFN6O. The predicted octanol–water partition coefficient (Wildman–Crippen LogP) is 5.35. The Morgan fingerprint density at radius 1 is 1.06 bits per heavy atom. The first-order valence-corrected chi connectivity index (χ1v) is 10.7. The van der Waals surface area contributed by atoms with Crippen molar-refractivity contribution in [3.63, 3.8) is 0 Å². The molecule has 0 fully saturated rings. The average Bonchev–Trinajstić information content (AvgIpc) is 3.45. The monoisotopic (exact) mass is 462 g/mol. The number of aryl methyl sites for hydroxylation is 1. The molecule has 0 saturated heterocycles. The van der Waals surface area contributed by atoms with Crippen LogP contribution in [0.5, 0.6) is 5.75 Å². The molecule has 3 heterocycles. The van der Waals surface area contributed by atoms with E-state index in [0.717, 1.165) is 28.1 Å². The highest BCUT2D eigenvalue weighted by atomic mass is 35.5. The molecule has 2 aliphatic rings. The molecule has 0 spiro atoms. The summed E-state index contributed by atoms with van der Waals surface area (Å²) < 4.78 is 22.7. The number of imidazole rings is 1. The summed E-state index contributed by atoms with van der Waals surface area (Å²) in [6, 6.07) is 11.9. The number of fused-ring (bicyclic) bond motifs is 1. The molecule has 0 saturated carbocycles. The smallest absolute Gasteiger partial charge is 0.204 e. The minimum absolute atomic E-state index is 0.222. The summed E-state index contributed by atoms with van der Waals surface area (Å²) in [6.45, 7) is 3.89. The van der Waals surface area contributed by atoms with Gasteiger partial charge in [0.15, 0.2) is 5.82 Å². The number of hydrogen-bond donors (Lipinski definition) is 0. The first kappa shape index (κ1) is 21.1. The van der Waals surface area contributed by atoms with Crippen molar-refractivity contribution < 1.29 is 9.13 Å². The van der Waals surface area contributed by atoms with Crippen molar-refractivity contribution in [2.75, 3.05) is 7.11 Å². The summed E-state index contributed by atoms with van der Waals surface area (Å²) >= 11 is 6.45. The zero-order valence-corrected chi connectivity index (χ0v) is 19.0. The third-order valence-corrected chi connectivity index (χ3v) is 5.93. The second-order valence-electron chi connectivity index (χ2n) is 7.72. The second-order valence-corrected chi connectivity index (χ2v) is 8.06. The Bertz CT molecular complexity index is 1410. The third-order valence-electron chi connectivity index (χ3n) is 5.65. The van der Waals surface area contributed by atoms with Crippen molar-refractivity contribution in [1.82, 2.24) is 29.3 Å². The first-order chi connectivity index (χ1) is 16.0. The van der Waals surface area contributed by atoms with Gasteiger partial charge in [-0.25, -0.2) is 14.4 Å². The normalized spacial score (nSPS) is 12.3. The number of nitrogens with zero attached hydrogens (tertiary/aromatic N) is 6. The topological polar surface area (TPSA) is 70.7 Å². The molecular weight excluding hydrogens is 443 g/mol. The molecule has 0 radical (unpaired) electrons. The summed E-state index contributed by atoms with van der Waals surface area (Å²) in [5, 5.41) is 9.13. The Hall–Kier alpha value is -3.78. The fourth-order valence-corrected chi connectivity index (χ4v) is 4.19. The van der Waals surface area contributed by atoms with Crippen LogP contribution < -0.4 is 4.74 Å². The summed E-state index contributed by atoms with van der Waals surface area (Å²) in [7, 11) is 1.63.